The van der Waals surface area contributed by atoms with Gasteiger partial charge in [-0.15, -0.1) is 0 Å². The van der Waals surface area contributed by atoms with E-state index in [2.05, 4.69) is 5.32 Å². The Morgan fingerprint density at radius 2 is 1.50 bits per heavy atom. The Morgan fingerprint density at radius 1 is 0.812 bits per heavy atom. The van der Waals surface area contributed by atoms with E-state index in [0.29, 0.717) is 22.6 Å². The highest BCUT2D eigenvalue weighted by atomic mass is 16.5. The van der Waals surface area contributed by atoms with Gasteiger partial charge in [-0.2, -0.15) is 0 Å². The van der Waals surface area contributed by atoms with Gasteiger partial charge in [0.25, 0.3) is 11.8 Å². The number of benzene rings is 3. The third kappa shape index (κ3) is 4.02. The molecule has 0 aliphatic carbocycles. The van der Waals surface area contributed by atoms with Gasteiger partial charge in [-0.05, 0) is 68.7 Å². The molecule has 2 amide bonds. The van der Waals surface area contributed by atoms with E-state index in [-0.39, 0.29) is 17.7 Å². The summed E-state index contributed by atoms with van der Waals surface area (Å²) < 4.78 is 5.90. The van der Waals surface area contributed by atoms with Crippen molar-refractivity contribution in [3.05, 3.63) is 95.2 Å². The van der Waals surface area contributed by atoms with Crippen LogP contribution >= 0.6 is 0 Å². The number of hydrogen-bond acceptors (Lipinski definition) is 4. The summed E-state index contributed by atoms with van der Waals surface area (Å²) in [5, 5.41) is 3.19. The Kier molecular flexibility index (Phi) is 5.82. The molecule has 3 aromatic rings. The van der Waals surface area contributed by atoms with Crippen molar-refractivity contribution in [3.8, 4) is 5.75 Å². The molecule has 0 saturated heterocycles. The van der Waals surface area contributed by atoms with Gasteiger partial charge < -0.3 is 10.1 Å². The van der Waals surface area contributed by atoms with E-state index in [1.807, 2.05) is 82.3 Å². The number of nitrogens with zero attached hydrogens (tertiary/aromatic N) is 1. The number of anilines is 2. The summed E-state index contributed by atoms with van der Waals surface area (Å²) >= 11 is 0. The van der Waals surface area contributed by atoms with Gasteiger partial charge in [0, 0.05) is 5.69 Å². The Labute approximate surface area is 188 Å². The third-order valence-corrected chi connectivity index (χ3v) is 5.39. The molecule has 5 nitrogen and oxygen atoms in total. The standard InChI is InChI=1S/C27H26N2O3/c1-17(2)32-23-13-9-8-12-22(23)29-26(30)24(20-15-14-18(3)19(4)16-20)25(27(29)31)28-21-10-6-5-7-11-21/h5-17,28H,1-4H3. The summed E-state index contributed by atoms with van der Waals surface area (Å²) in [4.78, 5) is 28.5. The fourth-order valence-electron chi connectivity index (χ4n) is 3.69. The maximum absolute atomic E-state index is 13.7. The van der Waals surface area contributed by atoms with E-state index in [9.17, 15) is 9.59 Å². The summed E-state index contributed by atoms with van der Waals surface area (Å²) in [6.45, 7) is 7.83. The molecule has 3 aromatic carbocycles. The van der Waals surface area contributed by atoms with Crippen LogP contribution in [0, 0.1) is 13.8 Å². The Hall–Kier alpha value is -3.86. The Balaban J connectivity index is 1.84. The highest BCUT2D eigenvalue weighted by Crippen LogP contribution is 2.38. The van der Waals surface area contributed by atoms with Crippen molar-refractivity contribution in [2.75, 3.05) is 10.2 Å². The summed E-state index contributed by atoms with van der Waals surface area (Å²) in [7, 11) is 0. The predicted molar refractivity (Wildman–Crippen MR) is 128 cm³/mol. The fraction of sp³-hybridized carbons (Fsp3) is 0.185. The number of carbonyl (C=O) groups excluding carboxylic acids is 2. The second-order valence-electron chi connectivity index (χ2n) is 8.12. The molecule has 4 rings (SSSR count). The van der Waals surface area contributed by atoms with E-state index in [0.717, 1.165) is 16.8 Å². The second kappa shape index (κ2) is 8.71. The van der Waals surface area contributed by atoms with Gasteiger partial charge in [0.1, 0.15) is 11.4 Å². The van der Waals surface area contributed by atoms with Crippen LogP contribution in [0.5, 0.6) is 5.75 Å². The van der Waals surface area contributed by atoms with E-state index in [1.54, 1.807) is 18.2 Å². The zero-order valence-electron chi connectivity index (χ0n) is 18.7. The molecule has 1 aliphatic rings. The number of carbonyl (C=O) groups is 2. The molecule has 0 saturated carbocycles. The average molecular weight is 427 g/mol. The quantitative estimate of drug-likeness (QED) is 0.530. The molecule has 0 aromatic heterocycles. The van der Waals surface area contributed by atoms with Crippen molar-refractivity contribution in [1.29, 1.82) is 0 Å². The summed E-state index contributed by atoms with van der Waals surface area (Å²) in [6.07, 6.45) is -0.0990. The van der Waals surface area contributed by atoms with Crippen molar-refractivity contribution >= 4 is 28.8 Å². The number of aryl methyl sites for hydroxylation is 2. The third-order valence-electron chi connectivity index (χ3n) is 5.39. The zero-order valence-corrected chi connectivity index (χ0v) is 18.7. The number of hydrogen-bond donors (Lipinski definition) is 1. The maximum Gasteiger partial charge on any atom is 0.282 e. The number of ether oxygens (including phenoxy) is 1. The molecule has 0 atom stereocenters. The molecule has 0 fully saturated rings. The highest BCUT2D eigenvalue weighted by molar-refractivity contribution is 6.46. The number of nitrogens with one attached hydrogen (secondary N) is 1. The van der Waals surface area contributed by atoms with Gasteiger partial charge in [0.15, 0.2) is 0 Å². The van der Waals surface area contributed by atoms with Crippen molar-refractivity contribution in [1.82, 2.24) is 0 Å². The van der Waals surface area contributed by atoms with Gasteiger partial charge in [0.05, 0.1) is 17.4 Å². The molecule has 1 heterocycles. The molecule has 1 N–H and O–H groups in total. The average Bonchev–Trinajstić information content (AvgIpc) is 3.00. The lowest BCUT2D eigenvalue weighted by Gasteiger charge is -2.20. The lowest BCUT2D eigenvalue weighted by Crippen LogP contribution is -2.33. The van der Waals surface area contributed by atoms with E-state index in [1.165, 1.54) is 4.90 Å². The first-order valence-electron chi connectivity index (χ1n) is 10.6. The smallest absolute Gasteiger partial charge is 0.282 e. The molecule has 0 radical (unpaired) electrons. The van der Waals surface area contributed by atoms with E-state index < -0.39 is 5.91 Å². The molecule has 162 valence electrons. The van der Waals surface area contributed by atoms with Crippen LogP contribution in [0.25, 0.3) is 5.57 Å². The minimum atomic E-state index is -0.410. The summed E-state index contributed by atoms with van der Waals surface area (Å²) in [5.41, 5.74) is 4.65. The van der Waals surface area contributed by atoms with Gasteiger partial charge in [-0.1, -0.05) is 48.5 Å². The van der Waals surface area contributed by atoms with E-state index in [4.69, 9.17) is 4.74 Å². The molecule has 0 bridgehead atoms. The van der Waals surface area contributed by atoms with Crippen LogP contribution < -0.4 is 15.0 Å². The lowest BCUT2D eigenvalue weighted by molar-refractivity contribution is -0.120. The Morgan fingerprint density at radius 3 is 2.19 bits per heavy atom. The molecular formula is C27H26N2O3. The van der Waals surface area contributed by atoms with Crippen LogP contribution in [0.2, 0.25) is 0 Å². The van der Waals surface area contributed by atoms with Gasteiger partial charge in [-0.25, -0.2) is 4.90 Å². The number of amides is 2. The molecule has 1 aliphatic heterocycles. The predicted octanol–water partition coefficient (Wildman–Crippen LogP) is 5.49. The number of rotatable bonds is 6. The van der Waals surface area contributed by atoms with Crippen molar-refractivity contribution < 1.29 is 14.3 Å². The summed E-state index contributed by atoms with van der Waals surface area (Å²) in [6, 6.07) is 22.3. The second-order valence-corrected chi connectivity index (χ2v) is 8.12. The first-order valence-corrected chi connectivity index (χ1v) is 10.6. The molecule has 0 spiro atoms. The van der Waals surface area contributed by atoms with Crippen LogP contribution in [0.3, 0.4) is 0 Å². The van der Waals surface area contributed by atoms with Gasteiger partial charge >= 0.3 is 0 Å². The first kappa shape index (κ1) is 21.4. The minimum absolute atomic E-state index is 0.0990. The van der Waals surface area contributed by atoms with Crippen molar-refractivity contribution in [3.63, 3.8) is 0 Å². The fourth-order valence-corrected chi connectivity index (χ4v) is 3.69. The minimum Gasteiger partial charge on any atom is -0.489 e. The topological polar surface area (TPSA) is 58.6 Å². The Bertz CT molecular complexity index is 1210. The SMILES string of the molecule is Cc1ccc(C2=C(Nc3ccccc3)C(=O)N(c3ccccc3OC(C)C)C2=O)cc1C. The van der Waals surface area contributed by atoms with Gasteiger partial charge in [-0.3, -0.25) is 9.59 Å². The maximum atomic E-state index is 13.7. The number of para-hydroxylation sites is 3. The van der Waals surface area contributed by atoms with E-state index >= 15 is 0 Å². The molecule has 5 heteroatoms. The molecule has 0 unspecified atom stereocenters. The van der Waals surface area contributed by atoms with Crippen LogP contribution in [-0.4, -0.2) is 17.9 Å². The van der Waals surface area contributed by atoms with Crippen molar-refractivity contribution in [2.45, 2.75) is 33.8 Å². The van der Waals surface area contributed by atoms with Crippen LogP contribution in [0.4, 0.5) is 11.4 Å². The highest BCUT2D eigenvalue weighted by Gasteiger charge is 2.41. The molecular weight excluding hydrogens is 400 g/mol. The lowest BCUT2D eigenvalue weighted by atomic mass is 9.99. The largest absolute Gasteiger partial charge is 0.489 e. The monoisotopic (exact) mass is 426 g/mol. The van der Waals surface area contributed by atoms with Crippen molar-refractivity contribution in [2.24, 2.45) is 0 Å². The summed E-state index contributed by atoms with van der Waals surface area (Å²) in [5.74, 6) is -0.298. The van der Waals surface area contributed by atoms with Crippen LogP contribution in [0.15, 0.2) is 78.5 Å². The normalized spacial score (nSPS) is 13.8. The van der Waals surface area contributed by atoms with Gasteiger partial charge in [0.2, 0.25) is 0 Å². The van der Waals surface area contributed by atoms with Crippen LogP contribution in [0.1, 0.15) is 30.5 Å². The zero-order chi connectivity index (χ0) is 22.8. The first-order chi connectivity index (χ1) is 15.4. The van der Waals surface area contributed by atoms with Crippen LogP contribution in [-0.2, 0) is 9.59 Å². The molecule has 32 heavy (non-hydrogen) atoms. The number of imide groups is 1.